The molecule has 0 saturated heterocycles. The molecule has 0 bridgehead atoms. The zero-order valence-corrected chi connectivity index (χ0v) is 9.67. The Labute approximate surface area is 93.9 Å². The van der Waals surface area contributed by atoms with Crippen molar-refractivity contribution in [3.8, 4) is 0 Å². The Morgan fingerprint density at radius 3 is 2.56 bits per heavy atom. The molecule has 0 amide bonds. The second kappa shape index (κ2) is 4.47. The largest absolute Gasteiger partial charge is 0.448 e. The van der Waals surface area contributed by atoms with Crippen molar-refractivity contribution in [2.24, 2.45) is 0 Å². The molecule has 0 aliphatic carbocycles. The second-order valence-corrected chi connectivity index (χ2v) is 4.21. The summed E-state index contributed by atoms with van der Waals surface area (Å²) in [5.74, 6) is 1.88. The highest BCUT2D eigenvalue weighted by Gasteiger charge is 2.15. The van der Waals surface area contributed by atoms with Gasteiger partial charge in [-0.25, -0.2) is 4.98 Å². The van der Waals surface area contributed by atoms with Crippen molar-refractivity contribution in [1.29, 1.82) is 0 Å². The van der Waals surface area contributed by atoms with Crippen LogP contribution >= 0.6 is 0 Å². The van der Waals surface area contributed by atoms with Crippen LogP contribution in [-0.2, 0) is 6.42 Å². The van der Waals surface area contributed by atoms with Crippen molar-refractivity contribution in [3.63, 3.8) is 0 Å². The van der Waals surface area contributed by atoms with Gasteiger partial charge in [0.05, 0.1) is 5.69 Å². The summed E-state index contributed by atoms with van der Waals surface area (Å²) >= 11 is 0. The number of hydrogen-bond donors (Lipinski definition) is 0. The Morgan fingerprint density at radius 2 is 2.00 bits per heavy atom. The molecule has 86 valence electrons. The molecule has 5 nitrogen and oxygen atoms in total. The van der Waals surface area contributed by atoms with Gasteiger partial charge in [-0.15, -0.1) is 10.2 Å². The standard InChI is InChI=1S/C11H15N3O2/c1-7(2)10-13-9(5-15-10)4-8(3)11-14-12-6-16-11/h5-8H,4H2,1-3H3. The molecule has 0 aliphatic rings. The minimum absolute atomic E-state index is 0.160. The Bertz CT molecular complexity index is 434. The molecule has 0 saturated carbocycles. The lowest BCUT2D eigenvalue weighted by molar-refractivity contribution is 0.454. The summed E-state index contributed by atoms with van der Waals surface area (Å²) in [6.07, 6.45) is 3.79. The first-order valence-corrected chi connectivity index (χ1v) is 5.37. The van der Waals surface area contributed by atoms with E-state index in [0.717, 1.165) is 18.0 Å². The molecule has 5 heteroatoms. The predicted molar refractivity (Wildman–Crippen MR) is 57.0 cm³/mol. The van der Waals surface area contributed by atoms with Gasteiger partial charge in [0.25, 0.3) is 0 Å². The molecule has 0 radical (unpaired) electrons. The lowest BCUT2D eigenvalue weighted by Gasteiger charge is -2.02. The number of oxazole rings is 1. The summed E-state index contributed by atoms with van der Waals surface area (Å²) in [4.78, 5) is 4.40. The molecule has 0 aromatic carbocycles. The van der Waals surface area contributed by atoms with Gasteiger partial charge in [-0.2, -0.15) is 0 Å². The van der Waals surface area contributed by atoms with Crippen LogP contribution in [0.15, 0.2) is 21.5 Å². The van der Waals surface area contributed by atoms with E-state index in [9.17, 15) is 0 Å². The van der Waals surface area contributed by atoms with Gasteiger partial charge in [0.2, 0.25) is 12.3 Å². The molecule has 0 fully saturated rings. The van der Waals surface area contributed by atoms with Gasteiger partial charge in [-0.1, -0.05) is 20.8 Å². The zero-order valence-electron chi connectivity index (χ0n) is 9.67. The lowest BCUT2D eigenvalue weighted by Crippen LogP contribution is -2.00. The van der Waals surface area contributed by atoms with Crippen molar-refractivity contribution in [2.45, 2.75) is 39.0 Å². The first kappa shape index (κ1) is 10.9. The molecule has 16 heavy (non-hydrogen) atoms. The third-order valence-corrected chi connectivity index (χ3v) is 2.38. The van der Waals surface area contributed by atoms with Gasteiger partial charge in [0.15, 0.2) is 5.89 Å². The van der Waals surface area contributed by atoms with Crippen LogP contribution in [-0.4, -0.2) is 15.2 Å². The summed E-state index contributed by atoms with van der Waals surface area (Å²) in [6, 6.07) is 0. The van der Waals surface area contributed by atoms with Crippen molar-refractivity contribution < 1.29 is 8.83 Å². The zero-order chi connectivity index (χ0) is 11.5. The molecule has 2 aromatic rings. The van der Waals surface area contributed by atoms with E-state index in [1.165, 1.54) is 6.39 Å². The van der Waals surface area contributed by atoms with Crippen LogP contribution in [0.25, 0.3) is 0 Å². The Kier molecular flexibility index (Phi) is 3.03. The van der Waals surface area contributed by atoms with Crippen LogP contribution in [0, 0.1) is 0 Å². The van der Waals surface area contributed by atoms with Crippen molar-refractivity contribution >= 4 is 0 Å². The minimum Gasteiger partial charge on any atom is -0.448 e. The SMILES string of the molecule is CC(C)c1nc(CC(C)c2nnco2)co1. The van der Waals surface area contributed by atoms with E-state index in [2.05, 4.69) is 29.0 Å². The molecule has 0 N–H and O–H groups in total. The maximum atomic E-state index is 5.37. The summed E-state index contributed by atoms with van der Waals surface area (Å²) < 4.78 is 10.5. The molecule has 2 rings (SSSR count). The van der Waals surface area contributed by atoms with E-state index in [-0.39, 0.29) is 5.92 Å². The van der Waals surface area contributed by atoms with Gasteiger partial charge < -0.3 is 8.83 Å². The first-order valence-electron chi connectivity index (χ1n) is 5.37. The minimum atomic E-state index is 0.160. The molecular formula is C11H15N3O2. The van der Waals surface area contributed by atoms with Crippen LogP contribution in [0.4, 0.5) is 0 Å². The van der Waals surface area contributed by atoms with Crippen LogP contribution < -0.4 is 0 Å². The maximum absolute atomic E-state index is 5.37. The molecule has 2 heterocycles. The van der Waals surface area contributed by atoms with Gasteiger partial charge in [-0.3, -0.25) is 0 Å². The van der Waals surface area contributed by atoms with Gasteiger partial charge in [0.1, 0.15) is 6.26 Å². The van der Waals surface area contributed by atoms with Crippen LogP contribution in [0.5, 0.6) is 0 Å². The number of nitrogens with zero attached hydrogens (tertiary/aromatic N) is 3. The molecule has 0 aliphatic heterocycles. The van der Waals surface area contributed by atoms with Gasteiger partial charge >= 0.3 is 0 Å². The average Bonchev–Trinajstić information content (AvgIpc) is 2.87. The fourth-order valence-electron chi connectivity index (χ4n) is 1.48. The second-order valence-electron chi connectivity index (χ2n) is 4.21. The lowest BCUT2D eigenvalue weighted by atomic mass is 10.1. The Morgan fingerprint density at radius 1 is 1.19 bits per heavy atom. The summed E-state index contributed by atoms with van der Waals surface area (Å²) in [6.45, 7) is 6.13. The van der Waals surface area contributed by atoms with Crippen LogP contribution in [0.2, 0.25) is 0 Å². The molecule has 2 aromatic heterocycles. The van der Waals surface area contributed by atoms with E-state index < -0.39 is 0 Å². The molecule has 1 atom stereocenters. The maximum Gasteiger partial charge on any atom is 0.219 e. The monoisotopic (exact) mass is 221 g/mol. The number of rotatable bonds is 4. The topological polar surface area (TPSA) is 65.0 Å². The number of hydrogen-bond acceptors (Lipinski definition) is 5. The van der Waals surface area contributed by atoms with E-state index in [0.29, 0.717) is 11.8 Å². The van der Waals surface area contributed by atoms with E-state index in [1.807, 2.05) is 6.92 Å². The Hall–Kier alpha value is -1.65. The highest BCUT2D eigenvalue weighted by Crippen LogP contribution is 2.20. The van der Waals surface area contributed by atoms with E-state index in [1.54, 1.807) is 6.26 Å². The fraction of sp³-hybridized carbons (Fsp3) is 0.545. The summed E-state index contributed by atoms with van der Waals surface area (Å²) in [5, 5.41) is 7.54. The third-order valence-electron chi connectivity index (χ3n) is 2.38. The summed E-state index contributed by atoms with van der Waals surface area (Å²) in [5.41, 5.74) is 0.925. The molecule has 1 unspecified atom stereocenters. The fourth-order valence-corrected chi connectivity index (χ4v) is 1.48. The highest BCUT2D eigenvalue weighted by atomic mass is 16.4. The Balaban J connectivity index is 2.03. The van der Waals surface area contributed by atoms with Crippen molar-refractivity contribution in [3.05, 3.63) is 30.1 Å². The summed E-state index contributed by atoms with van der Waals surface area (Å²) in [7, 11) is 0. The molecule has 0 spiro atoms. The van der Waals surface area contributed by atoms with Crippen LogP contribution in [0.3, 0.4) is 0 Å². The van der Waals surface area contributed by atoms with E-state index >= 15 is 0 Å². The smallest absolute Gasteiger partial charge is 0.219 e. The third kappa shape index (κ3) is 2.29. The molecular weight excluding hydrogens is 206 g/mol. The quantitative estimate of drug-likeness (QED) is 0.793. The number of aromatic nitrogens is 3. The first-order chi connectivity index (χ1) is 7.66. The van der Waals surface area contributed by atoms with Gasteiger partial charge in [-0.05, 0) is 0 Å². The highest BCUT2D eigenvalue weighted by molar-refractivity contribution is 5.03. The average molecular weight is 221 g/mol. The van der Waals surface area contributed by atoms with E-state index in [4.69, 9.17) is 8.83 Å². The van der Waals surface area contributed by atoms with Gasteiger partial charge in [0, 0.05) is 18.3 Å². The predicted octanol–water partition coefficient (Wildman–Crippen LogP) is 2.53. The van der Waals surface area contributed by atoms with Crippen molar-refractivity contribution in [1.82, 2.24) is 15.2 Å². The van der Waals surface area contributed by atoms with Crippen molar-refractivity contribution in [2.75, 3.05) is 0 Å². The normalized spacial score (nSPS) is 13.2. The van der Waals surface area contributed by atoms with Crippen LogP contribution in [0.1, 0.15) is 50.1 Å².